The summed E-state index contributed by atoms with van der Waals surface area (Å²) in [6.07, 6.45) is 0. The van der Waals surface area contributed by atoms with Crippen LogP contribution >= 0.6 is 0 Å². The van der Waals surface area contributed by atoms with E-state index < -0.39 is 15.8 Å². The van der Waals surface area contributed by atoms with Crippen molar-refractivity contribution in [2.24, 2.45) is 0 Å². The number of aromatic carboxylic acids is 1. The lowest BCUT2D eigenvalue weighted by molar-refractivity contribution is 0.0696. The van der Waals surface area contributed by atoms with E-state index in [1.54, 1.807) is 6.07 Å². The monoisotopic (exact) mass is 226 g/mol. The molecule has 0 radical (unpaired) electrons. The third kappa shape index (κ3) is 1.52. The summed E-state index contributed by atoms with van der Waals surface area (Å²) in [6.45, 7) is 1.82. The van der Waals surface area contributed by atoms with Gasteiger partial charge in [-0.3, -0.25) is 0 Å². The van der Waals surface area contributed by atoms with Crippen molar-refractivity contribution in [3.8, 4) is 0 Å². The molecule has 1 aromatic rings. The molecule has 1 N–H and O–H groups in total. The van der Waals surface area contributed by atoms with Crippen LogP contribution < -0.4 is 0 Å². The van der Waals surface area contributed by atoms with Crippen LogP contribution in [0.25, 0.3) is 0 Å². The Labute approximate surface area is 87.5 Å². The van der Waals surface area contributed by atoms with Gasteiger partial charge in [0.2, 0.25) is 0 Å². The Hall–Kier alpha value is -1.36. The van der Waals surface area contributed by atoms with Crippen molar-refractivity contribution in [1.82, 2.24) is 0 Å². The van der Waals surface area contributed by atoms with E-state index in [0.717, 1.165) is 5.56 Å². The van der Waals surface area contributed by atoms with Gasteiger partial charge in [-0.05, 0) is 23.6 Å². The minimum absolute atomic E-state index is 0.0198. The molecule has 0 aromatic heterocycles. The average Bonchev–Trinajstić information content (AvgIpc) is 2.37. The van der Waals surface area contributed by atoms with Gasteiger partial charge >= 0.3 is 5.97 Å². The maximum Gasteiger partial charge on any atom is 0.335 e. The summed E-state index contributed by atoms with van der Waals surface area (Å²) in [4.78, 5) is 10.9. The van der Waals surface area contributed by atoms with Crippen molar-refractivity contribution in [2.75, 3.05) is 5.75 Å². The number of carboxylic acid groups (broad SMARTS) is 1. The molecule has 1 aromatic carbocycles. The zero-order valence-electron chi connectivity index (χ0n) is 8.10. The highest BCUT2D eigenvalue weighted by Crippen LogP contribution is 2.34. The van der Waals surface area contributed by atoms with Gasteiger partial charge in [0, 0.05) is 0 Å². The molecule has 5 heteroatoms. The van der Waals surface area contributed by atoms with Crippen molar-refractivity contribution in [2.45, 2.75) is 17.7 Å². The van der Waals surface area contributed by atoms with Gasteiger partial charge in [0.05, 0.1) is 16.2 Å². The molecule has 0 aliphatic carbocycles. The topological polar surface area (TPSA) is 71.4 Å². The van der Waals surface area contributed by atoms with Gasteiger partial charge in [-0.25, -0.2) is 13.2 Å². The Morgan fingerprint density at radius 1 is 1.47 bits per heavy atom. The molecule has 1 atom stereocenters. The zero-order valence-corrected chi connectivity index (χ0v) is 8.91. The molecule has 0 spiro atoms. The van der Waals surface area contributed by atoms with Crippen LogP contribution in [0.5, 0.6) is 0 Å². The predicted octanol–water partition coefficient (Wildman–Crippen LogP) is 1.28. The largest absolute Gasteiger partial charge is 0.478 e. The molecule has 1 unspecified atom stereocenters. The van der Waals surface area contributed by atoms with E-state index in [1.807, 2.05) is 6.92 Å². The minimum atomic E-state index is -3.27. The van der Waals surface area contributed by atoms with Gasteiger partial charge in [0.15, 0.2) is 9.84 Å². The van der Waals surface area contributed by atoms with Gasteiger partial charge in [0.25, 0.3) is 0 Å². The Kier molecular flexibility index (Phi) is 2.08. The van der Waals surface area contributed by atoms with E-state index in [2.05, 4.69) is 0 Å². The molecule has 4 nitrogen and oxygen atoms in total. The molecule has 0 amide bonds. The van der Waals surface area contributed by atoms with Crippen LogP contribution in [-0.2, 0) is 9.84 Å². The molecule has 80 valence electrons. The van der Waals surface area contributed by atoms with Gasteiger partial charge in [-0.2, -0.15) is 0 Å². The Morgan fingerprint density at radius 3 is 2.73 bits per heavy atom. The summed E-state index contributed by atoms with van der Waals surface area (Å²) < 4.78 is 23.3. The molecular weight excluding hydrogens is 216 g/mol. The van der Waals surface area contributed by atoms with Gasteiger partial charge in [0.1, 0.15) is 0 Å². The highest BCUT2D eigenvalue weighted by molar-refractivity contribution is 7.91. The normalized spacial score (nSPS) is 22.3. The highest BCUT2D eigenvalue weighted by Gasteiger charge is 2.32. The standard InChI is InChI=1S/C10H10O4S/c1-6-5-15(13,14)9-4-7(10(11)12)2-3-8(6)9/h2-4,6H,5H2,1H3,(H,11,12). The molecule has 0 fully saturated rings. The molecule has 1 heterocycles. The van der Waals surface area contributed by atoms with Crippen molar-refractivity contribution in [3.63, 3.8) is 0 Å². The van der Waals surface area contributed by atoms with E-state index in [4.69, 9.17) is 5.11 Å². The van der Waals surface area contributed by atoms with Crippen LogP contribution in [0.15, 0.2) is 23.1 Å². The molecular formula is C10H10O4S. The Balaban J connectivity index is 2.68. The maximum atomic E-state index is 11.6. The van der Waals surface area contributed by atoms with E-state index >= 15 is 0 Å². The molecule has 0 saturated carbocycles. The maximum absolute atomic E-state index is 11.6. The fraction of sp³-hybridized carbons (Fsp3) is 0.300. The summed E-state index contributed by atoms with van der Waals surface area (Å²) in [5, 5.41) is 8.76. The quantitative estimate of drug-likeness (QED) is 0.782. The summed E-state index contributed by atoms with van der Waals surface area (Å²) >= 11 is 0. The summed E-state index contributed by atoms with van der Waals surface area (Å²) in [7, 11) is -3.27. The van der Waals surface area contributed by atoms with E-state index in [0.29, 0.717) is 0 Å². The molecule has 1 aliphatic rings. The van der Waals surface area contributed by atoms with Crippen molar-refractivity contribution in [3.05, 3.63) is 29.3 Å². The van der Waals surface area contributed by atoms with Crippen LogP contribution in [-0.4, -0.2) is 25.2 Å². The second-order valence-electron chi connectivity index (χ2n) is 3.74. The van der Waals surface area contributed by atoms with Crippen LogP contribution in [0.3, 0.4) is 0 Å². The number of hydrogen-bond acceptors (Lipinski definition) is 3. The Bertz CT molecular complexity index is 530. The SMILES string of the molecule is CC1CS(=O)(=O)c2cc(C(=O)O)ccc21. The molecule has 15 heavy (non-hydrogen) atoms. The fourth-order valence-electron chi connectivity index (χ4n) is 1.85. The first-order valence-electron chi connectivity index (χ1n) is 4.52. The lowest BCUT2D eigenvalue weighted by Gasteiger charge is -2.02. The summed E-state index contributed by atoms with van der Waals surface area (Å²) in [6, 6.07) is 4.28. The van der Waals surface area contributed by atoms with Crippen LogP contribution in [0.1, 0.15) is 28.8 Å². The van der Waals surface area contributed by atoms with E-state index in [1.165, 1.54) is 12.1 Å². The first-order valence-corrected chi connectivity index (χ1v) is 6.17. The minimum Gasteiger partial charge on any atom is -0.478 e. The van der Waals surface area contributed by atoms with Crippen LogP contribution in [0.2, 0.25) is 0 Å². The number of sulfone groups is 1. The van der Waals surface area contributed by atoms with E-state index in [9.17, 15) is 13.2 Å². The smallest absolute Gasteiger partial charge is 0.335 e. The first-order chi connectivity index (χ1) is 6.92. The Morgan fingerprint density at radius 2 is 2.13 bits per heavy atom. The number of fused-ring (bicyclic) bond motifs is 1. The highest BCUT2D eigenvalue weighted by atomic mass is 32.2. The fourth-order valence-corrected chi connectivity index (χ4v) is 3.80. The number of carbonyl (C=O) groups is 1. The third-order valence-electron chi connectivity index (χ3n) is 2.60. The van der Waals surface area contributed by atoms with Crippen molar-refractivity contribution in [1.29, 1.82) is 0 Å². The second-order valence-corrected chi connectivity index (χ2v) is 5.74. The van der Waals surface area contributed by atoms with Crippen LogP contribution in [0.4, 0.5) is 0 Å². The number of benzene rings is 1. The van der Waals surface area contributed by atoms with Gasteiger partial charge in [-0.15, -0.1) is 0 Å². The number of rotatable bonds is 1. The number of hydrogen-bond donors (Lipinski definition) is 1. The van der Waals surface area contributed by atoms with Crippen molar-refractivity contribution >= 4 is 15.8 Å². The van der Waals surface area contributed by atoms with E-state index in [-0.39, 0.29) is 22.1 Å². The molecule has 2 rings (SSSR count). The predicted molar refractivity (Wildman–Crippen MR) is 53.9 cm³/mol. The lowest BCUT2D eigenvalue weighted by atomic mass is 10.0. The lowest BCUT2D eigenvalue weighted by Crippen LogP contribution is -2.02. The number of carboxylic acids is 1. The third-order valence-corrected chi connectivity index (χ3v) is 4.56. The molecule has 0 saturated heterocycles. The van der Waals surface area contributed by atoms with Gasteiger partial charge in [-0.1, -0.05) is 13.0 Å². The van der Waals surface area contributed by atoms with Crippen molar-refractivity contribution < 1.29 is 18.3 Å². The average molecular weight is 226 g/mol. The summed E-state index contributed by atoms with van der Waals surface area (Å²) in [5.41, 5.74) is 0.742. The second kappa shape index (κ2) is 3.06. The summed E-state index contributed by atoms with van der Waals surface area (Å²) in [5.74, 6) is -1.08. The van der Waals surface area contributed by atoms with Crippen LogP contribution in [0, 0.1) is 0 Å². The molecule has 0 bridgehead atoms. The zero-order chi connectivity index (χ0) is 11.2. The first kappa shape index (κ1) is 10.2. The van der Waals surface area contributed by atoms with Gasteiger partial charge < -0.3 is 5.11 Å². The molecule has 1 aliphatic heterocycles.